The van der Waals surface area contributed by atoms with Crippen LogP contribution >= 0.6 is 0 Å². The molecule has 2 rings (SSSR count). The monoisotopic (exact) mass is 310 g/mol. The molecule has 0 aliphatic heterocycles. The van der Waals surface area contributed by atoms with E-state index in [2.05, 4.69) is 5.32 Å². The molecule has 0 bridgehead atoms. The summed E-state index contributed by atoms with van der Waals surface area (Å²) in [5.74, 6) is -0.280. The first-order chi connectivity index (χ1) is 11.0. The predicted molar refractivity (Wildman–Crippen MR) is 92.2 cm³/mol. The molecule has 0 aliphatic rings. The lowest BCUT2D eigenvalue weighted by Gasteiger charge is -2.20. The second kappa shape index (κ2) is 8.13. The maximum atomic E-state index is 12.1. The molecule has 0 saturated carbocycles. The minimum atomic E-state index is -0.183. The highest BCUT2D eigenvalue weighted by molar-refractivity contribution is 5.94. The second-order valence-electron chi connectivity index (χ2n) is 5.59. The van der Waals surface area contributed by atoms with Gasteiger partial charge in [-0.25, -0.2) is 0 Å². The summed E-state index contributed by atoms with van der Waals surface area (Å²) >= 11 is 0. The number of amides is 2. The van der Waals surface area contributed by atoms with Crippen molar-refractivity contribution in [2.45, 2.75) is 20.3 Å². The molecular formula is C19H22N2O2. The Morgan fingerprint density at radius 3 is 2.26 bits per heavy atom. The minimum absolute atomic E-state index is 0.0655. The number of hydrogen-bond acceptors (Lipinski definition) is 2. The van der Waals surface area contributed by atoms with E-state index in [9.17, 15) is 9.59 Å². The van der Waals surface area contributed by atoms with Gasteiger partial charge in [-0.15, -0.1) is 0 Å². The van der Waals surface area contributed by atoms with Crippen LogP contribution in [0.2, 0.25) is 0 Å². The van der Waals surface area contributed by atoms with E-state index in [0.717, 1.165) is 23.2 Å². The molecule has 2 aromatic carbocycles. The summed E-state index contributed by atoms with van der Waals surface area (Å²) in [6.07, 6.45) is 0.734. The van der Waals surface area contributed by atoms with E-state index in [-0.39, 0.29) is 18.4 Å². The molecule has 120 valence electrons. The number of nitrogens with one attached hydrogen (secondary N) is 1. The fourth-order valence-electron chi connectivity index (χ4n) is 2.27. The average Bonchev–Trinajstić information content (AvgIpc) is 2.54. The normalized spacial score (nSPS) is 10.2. The molecule has 0 atom stereocenters. The van der Waals surface area contributed by atoms with Gasteiger partial charge < -0.3 is 10.2 Å². The summed E-state index contributed by atoms with van der Waals surface area (Å²) in [6.45, 7) is 4.08. The fraction of sp³-hybridized carbons (Fsp3) is 0.263. The molecule has 0 aliphatic carbocycles. The van der Waals surface area contributed by atoms with Crippen LogP contribution in [0, 0.1) is 6.92 Å². The number of nitrogens with zero attached hydrogens (tertiary/aromatic N) is 1. The van der Waals surface area contributed by atoms with Gasteiger partial charge in [0.25, 0.3) is 0 Å². The first kappa shape index (κ1) is 16.7. The highest BCUT2D eigenvalue weighted by atomic mass is 16.2. The van der Waals surface area contributed by atoms with Gasteiger partial charge in [0.05, 0.1) is 6.54 Å². The van der Waals surface area contributed by atoms with Crippen LogP contribution in [0.1, 0.15) is 18.1 Å². The molecular weight excluding hydrogens is 288 g/mol. The van der Waals surface area contributed by atoms with Crippen LogP contribution in [0.5, 0.6) is 0 Å². The van der Waals surface area contributed by atoms with Gasteiger partial charge in [-0.2, -0.15) is 0 Å². The van der Waals surface area contributed by atoms with Crippen LogP contribution in [0.15, 0.2) is 54.6 Å². The summed E-state index contributed by atoms with van der Waals surface area (Å²) < 4.78 is 0. The third-order valence-corrected chi connectivity index (χ3v) is 3.63. The summed E-state index contributed by atoms with van der Waals surface area (Å²) in [4.78, 5) is 25.4. The molecule has 2 amide bonds. The van der Waals surface area contributed by atoms with Crippen LogP contribution in [0.3, 0.4) is 0 Å². The number of hydrogen-bond donors (Lipinski definition) is 1. The number of anilines is 1. The van der Waals surface area contributed by atoms with Crippen molar-refractivity contribution in [3.63, 3.8) is 0 Å². The molecule has 0 unspecified atom stereocenters. The first-order valence-corrected chi connectivity index (χ1v) is 7.70. The maximum Gasteiger partial charge on any atom is 0.243 e. The van der Waals surface area contributed by atoms with Gasteiger partial charge in [-0.1, -0.05) is 48.0 Å². The van der Waals surface area contributed by atoms with Crippen molar-refractivity contribution in [3.05, 3.63) is 65.7 Å². The molecule has 0 aromatic heterocycles. The van der Waals surface area contributed by atoms with E-state index in [1.54, 1.807) is 4.90 Å². The van der Waals surface area contributed by atoms with Gasteiger partial charge in [0.2, 0.25) is 11.8 Å². The highest BCUT2D eigenvalue weighted by Gasteiger charge is 2.13. The lowest BCUT2D eigenvalue weighted by atomic mass is 10.1. The van der Waals surface area contributed by atoms with Gasteiger partial charge in [0.15, 0.2) is 0 Å². The van der Waals surface area contributed by atoms with Crippen LogP contribution in [0.4, 0.5) is 5.69 Å². The summed E-state index contributed by atoms with van der Waals surface area (Å²) in [7, 11) is 0. The molecule has 2 aromatic rings. The van der Waals surface area contributed by atoms with Gasteiger partial charge >= 0.3 is 0 Å². The van der Waals surface area contributed by atoms with Crippen molar-refractivity contribution < 1.29 is 9.59 Å². The third-order valence-electron chi connectivity index (χ3n) is 3.63. The number of carbonyl (C=O) groups excluding carboxylic acids is 2. The number of carbonyl (C=O) groups is 2. The molecule has 4 heteroatoms. The van der Waals surface area contributed by atoms with Crippen molar-refractivity contribution in [1.29, 1.82) is 0 Å². The zero-order chi connectivity index (χ0) is 16.7. The smallest absolute Gasteiger partial charge is 0.243 e. The van der Waals surface area contributed by atoms with Crippen molar-refractivity contribution in [3.8, 4) is 0 Å². The average molecular weight is 310 g/mol. The molecule has 0 fully saturated rings. The van der Waals surface area contributed by atoms with E-state index in [4.69, 9.17) is 0 Å². The lowest BCUT2D eigenvalue weighted by molar-refractivity contribution is -0.132. The molecule has 1 N–H and O–H groups in total. The van der Waals surface area contributed by atoms with Crippen LogP contribution in [0.25, 0.3) is 0 Å². The summed E-state index contributed by atoms with van der Waals surface area (Å²) in [5.41, 5.74) is 3.03. The van der Waals surface area contributed by atoms with Crippen LogP contribution < -0.4 is 5.32 Å². The van der Waals surface area contributed by atoms with Crippen LogP contribution in [-0.2, 0) is 16.0 Å². The summed E-state index contributed by atoms with van der Waals surface area (Å²) in [5, 5.41) is 2.82. The predicted octanol–water partition coefficient (Wildman–Crippen LogP) is 3.02. The van der Waals surface area contributed by atoms with E-state index in [1.165, 1.54) is 6.92 Å². The lowest BCUT2D eigenvalue weighted by Crippen LogP contribution is -2.37. The SMILES string of the molecule is CC(=O)N(CCc1ccccc1)CC(=O)Nc1ccc(C)cc1. The quantitative estimate of drug-likeness (QED) is 0.891. The Kier molecular flexibility index (Phi) is 5.92. The van der Waals surface area contributed by atoms with Gasteiger partial charge in [0, 0.05) is 19.2 Å². The van der Waals surface area contributed by atoms with Crippen molar-refractivity contribution >= 4 is 17.5 Å². The van der Waals surface area contributed by atoms with Gasteiger partial charge in [-0.05, 0) is 31.0 Å². The molecule has 4 nitrogen and oxygen atoms in total. The number of benzene rings is 2. The van der Waals surface area contributed by atoms with E-state index < -0.39 is 0 Å². The fourth-order valence-corrected chi connectivity index (χ4v) is 2.27. The van der Waals surface area contributed by atoms with Gasteiger partial charge in [0.1, 0.15) is 0 Å². The Bertz CT molecular complexity index is 651. The standard InChI is InChI=1S/C19H22N2O2/c1-15-8-10-18(11-9-15)20-19(23)14-21(16(2)22)13-12-17-6-4-3-5-7-17/h3-11H,12-14H2,1-2H3,(H,20,23). The molecule has 0 spiro atoms. The van der Waals surface area contributed by atoms with Crippen LogP contribution in [-0.4, -0.2) is 29.8 Å². The first-order valence-electron chi connectivity index (χ1n) is 7.70. The second-order valence-corrected chi connectivity index (χ2v) is 5.59. The minimum Gasteiger partial charge on any atom is -0.333 e. The van der Waals surface area contributed by atoms with E-state index in [0.29, 0.717) is 6.54 Å². The number of rotatable bonds is 6. The van der Waals surface area contributed by atoms with Crippen molar-refractivity contribution in [2.75, 3.05) is 18.4 Å². The van der Waals surface area contributed by atoms with Crippen molar-refractivity contribution in [1.82, 2.24) is 4.90 Å². The van der Waals surface area contributed by atoms with E-state index >= 15 is 0 Å². The Morgan fingerprint density at radius 1 is 1.00 bits per heavy atom. The molecule has 0 saturated heterocycles. The molecule has 23 heavy (non-hydrogen) atoms. The Morgan fingerprint density at radius 2 is 1.65 bits per heavy atom. The zero-order valence-electron chi connectivity index (χ0n) is 13.6. The van der Waals surface area contributed by atoms with Gasteiger partial charge in [-0.3, -0.25) is 9.59 Å². The zero-order valence-corrected chi connectivity index (χ0v) is 13.6. The maximum absolute atomic E-state index is 12.1. The topological polar surface area (TPSA) is 49.4 Å². The Hall–Kier alpha value is -2.62. The third kappa shape index (κ3) is 5.58. The number of aryl methyl sites for hydroxylation is 1. The summed E-state index contributed by atoms with van der Waals surface area (Å²) in [6, 6.07) is 17.5. The van der Waals surface area contributed by atoms with Crippen molar-refractivity contribution in [2.24, 2.45) is 0 Å². The van der Waals surface area contributed by atoms with E-state index in [1.807, 2.05) is 61.5 Å². The largest absolute Gasteiger partial charge is 0.333 e. The molecule has 0 radical (unpaired) electrons. The molecule has 0 heterocycles. The highest BCUT2D eigenvalue weighted by Crippen LogP contribution is 2.09. The Labute approximate surface area is 137 Å². The Balaban J connectivity index is 1.89.